The van der Waals surface area contributed by atoms with Gasteiger partial charge in [0.15, 0.2) is 5.76 Å². The number of carbonyl (C=O) groups is 2. The molecular weight excluding hydrogens is 372 g/mol. The summed E-state index contributed by atoms with van der Waals surface area (Å²) < 4.78 is 0. The number of amides is 1. The Morgan fingerprint density at radius 2 is 2.08 bits per heavy atom. The van der Waals surface area contributed by atoms with E-state index < -0.39 is 23.5 Å². The van der Waals surface area contributed by atoms with Gasteiger partial charge in [0.05, 0.1) is 16.1 Å². The molecule has 26 heavy (non-hydrogen) atoms. The molecule has 0 saturated heterocycles. The summed E-state index contributed by atoms with van der Waals surface area (Å²) in [6.07, 6.45) is 1.58. The number of thiophene rings is 1. The number of hydrogen-bond donors (Lipinski definition) is 1. The zero-order valence-corrected chi connectivity index (χ0v) is 15.1. The standard InChI is InChI=1S/C17H12N4O3S2/c1-9-19-20-17(26-9)21-13(10-5-2-3-7-18-10)12(15(23)16(21)24)14(22)11-6-4-8-25-11/h2-8,13,23H,1H3. The van der Waals surface area contributed by atoms with Gasteiger partial charge in [-0.3, -0.25) is 19.5 Å². The van der Waals surface area contributed by atoms with Crippen molar-refractivity contribution < 1.29 is 14.7 Å². The average Bonchev–Trinajstić information content (AvgIpc) is 3.37. The number of nitrogens with zero attached hydrogens (tertiary/aromatic N) is 4. The largest absolute Gasteiger partial charge is 0.503 e. The van der Waals surface area contributed by atoms with Gasteiger partial charge in [-0.1, -0.05) is 23.5 Å². The number of aliphatic hydroxyl groups is 1. The highest BCUT2D eigenvalue weighted by Gasteiger charge is 2.46. The second kappa shape index (κ2) is 6.43. The minimum atomic E-state index is -0.856. The van der Waals surface area contributed by atoms with Crippen molar-refractivity contribution in [1.82, 2.24) is 15.2 Å². The molecule has 0 spiro atoms. The summed E-state index contributed by atoms with van der Waals surface area (Å²) in [5.74, 6) is -1.66. The molecule has 3 aromatic heterocycles. The van der Waals surface area contributed by atoms with Gasteiger partial charge in [-0.2, -0.15) is 0 Å². The van der Waals surface area contributed by atoms with E-state index in [9.17, 15) is 14.7 Å². The van der Waals surface area contributed by atoms with E-state index in [4.69, 9.17) is 0 Å². The normalized spacial score (nSPS) is 17.2. The van der Waals surface area contributed by atoms with Gasteiger partial charge in [0.2, 0.25) is 10.9 Å². The Kier molecular flexibility index (Phi) is 4.09. The Morgan fingerprint density at radius 1 is 1.23 bits per heavy atom. The Labute approximate surface area is 156 Å². The molecule has 4 rings (SSSR count). The van der Waals surface area contributed by atoms with Gasteiger partial charge in [-0.05, 0) is 30.5 Å². The predicted octanol–water partition coefficient (Wildman–Crippen LogP) is 3.09. The molecule has 3 aromatic rings. The molecule has 130 valence electrons. The van der Waals surface area contributed by atoms with Crippen molar-refractivity contribution in [3.8, 4) is 0 Å². The third-order valence-corrected chi connectivity index (χ3v) is 5.59. The molecule has 1 atom stereocenters. The molecule has 0 radical (unpaired) electrons. The lowest BCUT2D eigenvalue weighted by atomic mass is 9.99. The quantitative estimate of drug-likeness (QED) is 0.695. The van der Waals surface area contributed by atoms with Crippen LogP contribution in [0.25, 0.3) is 0 Å². The van der Waals surface area contributed by atoms with Crippen molar-refractivity contribution in [3.63, 3.8) is 0 Å². The van der Waals surface area contributed by atoms with Crippen LogP contribution in [-0.2, 0) is 4.79 Å². The molecule has 0 saturated carbocycles. The first-order valence-corrected chi connectivity index (χ1v) is 9.33. The Morgan fingerprint density at radius 3 is 2.69 bits per heavy atom. The number of pyridine rings is 1. The van der Waals surface area contributed by atoms with Crippen LogP contribution in [0.2, 0.25) is 0 Å². The molecule has 1 aliphatic rings. The third kappa shape index (κ3) is 2.61. The summed E-state index contributed by atoms with van der Waals surface area (Å²) in [6, 6.07) is 7.76. The number of rotatable bonds is 4. The first-order chi connectivity index (χ1) is 12.6. The van der Waals surface area contributed by atoms with Crippen molar-refractivity contribution in [2.75, 3.05) is 4.90 Å². The maximum absolute atomic E-state index is 13.0. The number of ketones is 1. The molecule has 9 heteroatoms. The summed E-state index contributed by atoms with van der Waals surface area (Å²) in [7, 11) is 0. The third-order valence-electron chi connectivity index (χ3n) is 3.89. The maximum atomic E-state index is 13.0. The van der Waals surface area contributed by atoms with Crippen LogP contribution in [0.4, 0.5) is 5.13 Å². The summed E-state index contributed by atoms with van der Waals surface area (Å²) in [5.41, 5.74) is 0.474. The molecule has 4 heterocycles. The molecule has 0 aromatic carbocycles. The fraction of sp³-hybridized carbons (Fsp3) is 0.118. The monoisotopic (exact) mass is 384 g/mol. The predicted molar refractivity (Wildman–Crippen MR) is 97.4 cm³/mol. The van der Waals surface area contributed by atoms with Gasteiger partial charge in [-0.25, -0.2) is 0 Å². The van der Waals surface area contributed by atoms with Crippen molar-refractivity contribution in [1.29, 1.82) is 0 Å². The van der Waals surface area contributed by atoms with Crippen molar-refractivity contribution in [3.05, 3.63) is 68.8 Å². The summed E-state index contributed by atoms with van der Waals surface area (Å²) in [5, 5.41) is 21.2. The Balaban J connectivity index is 1.88. The molecular formula is C17H12N4O3S2. The second-order valence-electron chi connectivity index (χ2n) is 5.50. The van der Waals surface area contributed by atoms with Crippen molar-refractivity contribution >= 4 is 39.5 Å². The van der Waals surface area contributed by atoms with Crippen LogP contribution in [0.5, 0.6) is 0 Å². The zero-order chi connectivity index (χ0) is 18.3. The average molecular weight is 384 g/mol. The lowest BCUT2D eigenvalue weighted by Crippen LogP contribution is -2.31. The van der Waals surface area contributed by atoms with E-state index in [-0.39, 0.29) is 5.57 Å². The van der Waals surface area contributed by atoms with Crippen molar-refractivity contribution in [2.24, 2.45) is 0 Å². The van der Waals surface area contributed by atoms with Crippen LogP contribution in [0.3, 0.4) is 0 Å². The SMILES string of the molecule is Cc1nnc(N2C(=O)C(O)=C(C(=O)c3cccs3)C2c2ccccn2)s1. The van der Waals surface area contributed by atoms with E-state index >= 15 is 0 Å². The van der Waals surface area contributed by atoms with Gasteiger partial charge in [0.25, 0.3) is 5.91 Å². The summed E-state index contributed by atoms with van der Waals surface area (Å²) in [4.78, 5) is 31.8. The summed E-state index contributed by atoms with van der Waals surface area (Å²) >= 11 is 2.46. The highest BCUT2D eigenvalue weighted by Crippen LogP contribution is 2.42. The minimum absolute atomic E-state index is 0.00371. The van der Waals surface area contributed by atoms with Crippen LogP contribution >= 0.6 is 22.7 Å². The number of aliphatic hydroxyl groups excluding tert-OH is 1. The second-order valence-corrected chi connectivity index (χ2v) is 7.61. The topological polar surface area (TPSA) is 96.3 Å². The molecule has 1 N–H and O–H groups in total. The van der Waals surface area contributed by atoms with Gasteiger partial charge in [0.1, 0.15) is 11.0 Å². The fourth-order valence-electron chi connectivity index (χ4n) is 2.78. The van der Waals surface area contributed by atoms with E-state index in [1.807, 2.05) is 0 Å². The minimum Gasteiger partial charge on any atom is -0.503 e. The van der Waals surface area contributed by atoms with Crippen LogP contribution in [0.15, 0.2) is 53.2 Å². The van der Waals surface area contributed by atoms with Crippen molar-refractivity contribution in [2.45, 2.75) is 13.0 Å². The number of carbonyl (C=O) groups excluding carboxylic acids is 2. The van der Waals surface area contributed by atoms with Gasteiger partial charge in [0, 0.05) is 6.20 Å². The highest BCUT2D eigenvalue weighted by molar-refractivity contribution is 7.15. The van der Waals surface area contributed by atoms with Crippen LogP contribution in [0, 0.1) is 6.92 Å². The molecule has 1 unspecified atom stereocenters. The van der Waals surface area contributed by atoms with Gasteiger partial charge in [-0.15, -0.1) is 21.5 Å². The molecule has 0 bridgehead atoms. The molecule has 0 fully saturated rings. The number of aryl methyl sites for hydroxylation is 1. The molecule has 7 nitrogen and oxygen atoms in total. The number of hydrogen-bond acceptors (Lipinski definition) is 8. The first kappa shape index (κ1) is 16.6. The van der Waals surface area contributed by atoms with E-state index in [0.29, 0.717) is 20.7 Å². The molecule has 0 aliphatic carbocycles. The van der Waals surface area contributed by atoms with E-state index in [1.165, 1.54) is 27.6 Å². The fourth-order valence-corrected chi connectivity index (χ4v) is 4.17. The number of aromatic nitrogens is 3. The highest BCUT2D eigenvalue weighted by atomic mass is 32.1. The number of anilines is 1. The zero-order valence-electron chi connectivity index (χ0n) is 13.5. The lowest BCUT2D eigenvalue weighted by molar-refractivity contribution is -0.117. The van der Waals surface area contributed by atoms with E-state index in [2.05, 4.69) is 15.2 Å². The van der Waals surface area contributed by atoms with E-state index in [1.54, 1.807) is 48.8 Å². The van der Waals surface area contributed by atoms with Crippen LogP contribution in [0.1, 0.15) is 26.4 Å². The Bertz CT molecular complexity index is 1010. The smallest absolute Gasteiger partial charge is 0.296 e. The van der Waals surface area contributed by atoms with E-state index in [0.717, 1.165) is 0 Å². The number of Topliss-reactive ketones (excluding diaryl/α,β-unsaturated/α-hetero) is 1. The van der Waals surface area contributed by atoms with Gasteiger partial charge < -0.3 is 5.11 Å². The molecule has 1 aliphatic heterocycles. The Hall–Kier alpha value is -2.91. The first-order valence-electron chi connectivity index (χ1n) is 7.64. The van der Waals surface area contributed by atoms with Crippen LogP contribution in [-0.4, -0.2) is 32.0 Å². The van der Waals surface area contributed by atoms with Gasteiger partial charge >= 0.3 is 0 Å². The summed E-state index contributed by atoms with van der Waals surface area (Å²) in [6.45, 7) is 1.77. The maximum Gasteiger partial charge on any atom is 0.296 e. The van der Waals surface area contributed by atoms with Crippen LogP contribution < -0.4 is 4.90 Å². The molecule has 1 amide bonds. The lowest BCUT2D eigenvalue weighted by Gasteiger charge is -2.22.